The second-order valence-corrected chi connectivity index (χ2v) is 8.46. The van der Waals surface area contributed by atoms with Gasteiger partial charge in [0, 0.05) is 25.0 Å². The van der Waals surface area contributed by atoms with E-state index in [-0.39, 0.29) is 12.3 Å². The second-order valence-electron chi connectivity index (χ2n) is 6.62. The van der Waals surface area contributed by atoms with Gasteiger partial charge in [0.1, 0.15) is 0 Å². The summed E-state index contributed by atoms with van der Waals surface area (Å²) in [6, 6.07) is 8.42. The molecule has 0 atom stereocenters. The van der Waals surface area contributed by atoms with Crippen molar-refractivity contribution in [2.24, 2.45) is 0 Å². The number of amides is 1. The zero-order chi connectivity index (χ0) is 23.1. The first-order valence-electron chi connectivity index (χ1n) is 9.55. The van der Waals surface area contributed by atoms with E-state index in [1.54, 1.807) is 53.3 Å². The molecule has 0 aliphatic carbocycles. The summed E-state index contributed by atoms with van der Waals surface area (Å²) in [5.41, 5.74) is 1.83. The van der Waals surface area contributed by atoms with Crippen LogP contribution in [0.1, 0.15) is 5.56 Å². The number of sulfonamides is 1. The number of hydrogen-bond acceptors (Lipinski definition) is 7. The van der Waals surface area contributed by atoms with Crippen LogP contribution in [0.2, 0.25) is 0 Å². The second kappa shape index (κ2) is 10.1. The Bertz CT molecular complexity index is 1210. The summed E-state index contributed by atoms with van der Waals surface area (Å²) in [6.45, 7) is -0.0529. The fourth-order valence-electron chi connectivity index (χ4n) is 2.95. The van der Waals surface area contributed by atoms with Gasteiger partial charge in [0.2, 0.25) is 21.7 Å². The SMILES string of the molecule is COc1cc(C=CC(=O)NCCS(=O)(=O)Nc2ccn3nccc3c2)cc(OC)c1OC. The number of nitrogens with one attached hydrogen (secondary N) is 2. The highest BCUT2D eigenvalue weighted by molar-refractivity contribution is 7.92. The molecule has 10 nitrogen and oxygen atoms in total. The van der Waals surface area contributed by atoms with Gasteiger partial charge in [0.25, 0.3) is 0 Å². The maximum absolute atomic E-state index is 12.3. The van der Waals surface area contributed by atoms with Gasteiger partial charge in [0.15, 0.2) is 11.5 Å². The maximum atomic E-state index is 12.3. The van der Waals surface area contributed by atoms with E-state index in [4.69, 9.17) is 14.2 Å². The highest BCUT2D eigenvalue weighted by Gasteiger charge is 2.13. The van der Waals surface area contributed by atoms with Crippen LogP contribution in [-0.2, 0) is 14.8 Å². The molecule has 0 aliphatic rings. The van der Waals surface area contributed by atoms with Gasteiger partial charge in [-0.2, -0.15) is 5.10 Å². The van der Waals surface area contributed by atoms with Gasteiger partial charge in [0.05, 0.1) is 38.3 Å². The Labute approximate surface area is 185 Å². The number of methoxy groups -OCH3 is 3. The number of pyridine rings is 1. The van der Waals surface area contributed by atoms with E-state index in [1.165, 1.54) is 27.4 Å². The quantitative estimate of drug-likeness (QED) is 0.444. The van der Waals surface area contributed by atoms with E-state index in [9.17, 15) is 13.2 Å². The Morgan fingerprint density at radius 3 is 2.47 bits per heavy atom. The highest BCUT2D eigenvalue weighted by atomic mass is 32.2. The predicted octanol–water partition coefficient (Wildman–Crippen LogP) is 1.93. The van der Waals surface area contributed by atoms with Gasteiger partial charge < -0.3 is 19.5 Å². The third kappa shape index (κ3) is 5.70. The lowest BCUT2D eigenvalue weighted by molar-refractivity contribution is -0.116. The number of fused-ring (bicyclic) bond motifs is 1. The van der Waals surface area contributed by atoms with Crippen molar-refractivity contribution in [3.05, 3.63) is 54.4 Å². The molecule has 0 fully saturated rings. The molecule has 3 rings (SSSR count). The number of aromatic nitrogens is 2. The normalized spacial score (nSPS) is 11.5. The number of rotatable bonds is 10. The van der Waals surface area contributed by atoms with Crippen molar-refractivity contribution in [2.75, 3.05) is 38.3 Å². The zero-order valence-corrected chi connectivity index (χ0v) is 18.7. The van der Waals surface area contributed by atoms with Gasteiger partial charge in [-0.1, -0.05) is 0 Å². The minimum absolute atomic E-state index is 0.0529. The molecule has 0 spiro atoms. The minimum Gasteiger partial charge on any atom is -0.493 e. The molecule has 1 aromatic carbocycles. The number of ether oxygens (including phenoxy) is 3. The fraction of sp³-hybridized carbons (Fsp3) is 0.238. The number of anilines is 1. The Hall–Kier alpha value is -3.73. The Kier molecular flexibility index (Phi) is 7.21. The molecule has 1 amide bonds. The number of carbonyl (C=O) groups is 1. The van der Waals surface area contributed by atoms with Crippen LogP contribution in [0.15, 0.2) is 48.8 Å². The summed E-state index contributed by atoms with van der Waals surface area (Å²) in [6.07, 6.45) is 6.14. The van der Waals surface area contributed by atoms with Gasteiger partial charge in [-0.3, -0.25) is 9.52 Å². The molecule has 2 N–H and O–H groups in total. The standard InChI is InChI=1S/C21H24N4O6S/c1-29-18-12-15(13-19(30-2)21(18)31-3)4-5-20(26)22-9-11-32(27,28)24-16-7-10-25-17(14-16)6-8-23-25/h4-8,10,12-14,24H,9,11H2,1-3H3,(H,22,26). The molecule has 0 bridgehead atoms. The fourth-order valence-corrected chi connectivity index (χ4v) is 3.91. The van der Waals surface area contributed by atoms with E-state index in [0.717, 1.165) is 5.52 Å². The number of benzene rings is 1. The molecule has 0 saturated heterocycles. The molecule has 0 radical (unpaired) electrons. The molecule has 0 unspecified atom stereocenters. The molecule has 0 saturated carbocycles. The van der Waals surface area contributed by atoms with Crippen LogP contribution in [0.4, 0.5) is 5.69 Å². The average molecular weight is 461 g/mol. The Balaban J connectivity index is 1.55. The Morgan fingerprint density at radius 2 is 1.81 bits per heavy atom. The van der Waals surface area contributed by atoms with Crippen molar-refractivity contribution in [1.82, 2.24) is 14.9 Å². The Morgan fingerprint density at radius 1 is 1.09 bits per heavy atom. The highest BCUT2D eigenvalue weighted by Crippen LogP contribution is 2.38. The first-order chi connectivity index (χ1) is 15.3. The predicted molar refractivity (Wildman–Crippen MR) is 121 cm³/mol. The van der Waals surface area contributed by atoms with Crippen LogP contribution in [0.25, 0.3) is 11.6 Å². The van der Waals surface area contributed by atoms with Crippen molar-refractivity contribution in [3.63, 3.8) is 0 Å². The van der Waals surface area contributed by atoms with Crippen LogP contribution < -0.4 is 24.2 Å². The van der Waals surface area contributed by atoms with Crippen molar-refractivity contribution in [2.45, 2.75) is 0 Å². The summed E-state index contributed by atoms with van der Waals surface area (Å²) in [7, 11) is 0.861. The lowest BCUT2D eigenvalue weighted by atomic mass is 10.1. The summed E-state index contributed by atoms with van der Waals surface area (Å²) in [5.74, 6) is 0.647. The monoisotopic (exact) mass is 460 g/mol. The molecule has 11 heteroatoms. The van der Waals surface area contributed by atoms with E-state index in [0.29, 0.717) is 28.5 Å². The maximum Gasteiger partial charge on any atom is 0.244 e. The van der Waals surface area contributed by atoms with Crippen LogP contribution in [0.3, 0.4) is 0 Å². The van der Waals surface area contributed by atoms with Crippen molar-refractivity contribution in [3.8, 4) is 17.2 Å². The van der Waals surface area contributed by atoms with E-state index in [2.05, 4.69) is 15.1 Å². The van der Waals surface area contributed by atoms with Crippen molar-refractivity contribution < 1.29 is 27.4 Å². The molecule has 2 aromatic heterocycles. The largest absolute Gasteiger partial charge is 0.493 e. The van der Waals surface area contributed by atoms with E-state index in [1.807, 2.05) is 0 Å². The number of carbonyl (C=O) groups excluding carboxylic acids is 1. The molecular formula is C21H24N4O6S. The lowest BCUT2D eigenvalue weighted by Crippen LogP contribution is -2.30. The molecule has 32 heavy (non-hydrogen) atoms. The minimum atomic E-state index is -3.64. The first-order valence-corrected chi connectivity index (χ1v) is 11.2. The first kappa shape index (κ1) is 22.9. The topological polar surface area (TPSA) is 120 Å². The number of hydrogen-bond donors (Lipinski definition) is 2. The van der Waals surface area contributed by atoms with E-state index >= 15 is 0 Å². The molecule has 170 valence electrons. The summed E-state index contributed by atoms with van der Waals surface area (Å²) in [4.78, 5) is 12.1. The van der Waals surface area contributed by atoms with Gasteiger partial charge in [-0.25, -0.2) is 12.9 Å². The van der Waals surface area contributed by atoms with Crippen LogP contribution in [-0.4, -0.2) is 57.6 Å². The number of nitrogens with zero attached hydrogens (tertiary/aromatic N) is 2. The molecule has 0 aliphatic heterocycles. The van der Waals surface area contributed by atoms with Crippen LogP contribution in [0.5, 0.6) is 17.2 Å². The zero-order valence-electron chi connectivity index (χ0n) is 17.9. The van der Waals surface area contributed by atoms with Gasteiger partial charge in [-0.15, -0.1) is 0 Å². The lowest BCUT2D eigenvalue weighted by Gasteiger charge is -2.12. The molecular weight excluding hydrogens is 436 g/mol. The molecule has 3 aromatic rings. The van der Waals surface area contributed by atoms with Crippen molar-refractivity contribution >= 4 is 33.2 Å². The molecule has 2 heterocycles. The average Bonchev–Trinajstić information content (AvgIpc) is 3.24. The third-order valence-electron chi connectivity index (χ3n) is 4.46. The summed E-state index contributed by atoms with van der Waals surface area (Å²) >= 11 is 0. The van der Waals surface area contributed by atoms with Gasteiger partial charge in [-0.05, 0) is 42.0 Å². The van der Waals surface area contributed by atoms with Gasteiger partial charge >= 0.3 is 0 Å². The van der Waals surface area contributed by atoms with Crippen molar-refractivity contribution in [1.29, 1.82) is 0 Å². The summed E-state index contributed by atoms with van der Waals surface area (Å²) in [5, 5.41) is 6.61. The van der Waals surface area contributed by atoms with E-state index < -0.39 is 15.9 Å². The summed E-state index contributed by atoms with van der Waals surface area (Å²) < 4.78 is 44.5. The van der Waals surface area contributed by atoms with Crippen LogP contribution >= 0.6 is 0 Å². The smallest absolute Gasteiger partial charge is 0.244 e. The van der Waals surface area contributed by atoms with Crippen LogP contribution in [0, 0.1) is 0 Å². The third-order valence-corrected chi connectivity index (χ3v) is 5.75.